The molecule has 0 aliphatic heterocycles. The first-order valence-electron chi connectivity index (χ1n) is 6.07. The van der Waals surface area contributed by atoms with Crippen LogP contribution in [0.1, 0.15) is 0 Å². The van der Waals surface area contributed by atoms with Crippen LogP contribution in [0.5, 0.6) is 11.5 Å². The summed E-state index contributed by atoms with van der Waals surface area (Å²) in [6.07, 6.45) is -10.7. The smallest absolute Gasteiger partial charge is 0.404 e. The van der Waals surface area contributed by atoms with E-state index in [0.717, 1.165) is 7.05 Å². The van der Waals surface area contributed by atoms with Crippen molar-refractivity contribution in [2.24, 2.45) is 5.73 Å². The number of ether oxygens (including phenoxy) is 2. The molecule has 0 unspecified atom stereocenters. The first-order chi connectivity index (χ1) is 11.7. The fraction of sp³-hybridized carbons (Fsp3) is 0.273. The number of alkyl halides is 6. The number of nitrogens with two attached hydrogens (primary N) is 1. The number of nitrogens with one attached hydrogen (secondary N) is 2. The van der Waals surface area contributed by atoms with Crippen molar-refractivity contribution in [2.45, 2.75) is 12.7 Å². The predicted molar refractivity (Wildman–Crippen MR) is 78.7 cm³/mol. The lowest BCUT2D eigenvalue weighted by Crippen LogP contribution is -2.46. The number of guanidine groups is 1. The number of halogens is 8. The van der Waals surface area contributed by atoms with E-state index in [1.165, 1.54) is 0 Å². The highest BCUT2D eigenvalue weighted by molar-refractivity contribution is 6.43. The van der Waals surface area contributed by atoms with Gasteiger partial charge in [-0.05, 0) is 0 Å². The fourth-order valence-corrected chi connectivity index (χ4v) is 2.21. The molecule has 2 amide bonds. The Labute approximate surface area is 151 Å². The van der Waals surface area contributed by atoms with Crippen molar-refractivity contribution >= 4 is 40.9 Å². The van der Waals surface area contributed by atoms with Crippen LogP contribution in [0, 0.1) is 5.41 Å². The van der Waals surface area contributed by atoms with Crippen molar-refractivity contribution in [1.29, 1.82) is 5.41 Å². The van der Waals surface area contributed by atoms with Crippen LogP contribution in [0.25, 0.3) is 0 Å². The standard InChI is InChI=1S/C11H8Cl2F6N4O3/c1-22-9(24)23(8(20)21)7-5(12)3(25-10(14,15)16)2-4(6(7)13)26-11(17,18)19/h2H,1H3,(H3,20,21)(H,22,24). The van der Waals surface area contributed by atoms with E-state index in [1.54, 1.807) is 0 Å². The highest BCUT2D eigenvalue weighted by atomic mass is 35.5. The van der Waals surface area contributed by atoms with Crippen LogP contribution >= 0.6 is 23.2 Å². The van der Waals surface area contributed by atoms with Gasteiger partial charge in [0.05, 0.1) is 5.69 Å². The van der Waals surface area contributed by atoms with Crippen LogP contribution in [0.4, 0.5) is 36.8 Å². The molecule has 1 aromatic carbocycles. The maximum atomic E-state index is 12.5. The lowest BCUT2D eigenvalue weighted by atomic mass is 10.2. The van der Waals surface area contributed by atoms with Crippen LogP contribution in [0.15, 0.2) is 6.07 Å². The Hall–Kier alpha value is -2.28. The molecule has 0 aliphatic rings. The quantitative estimate of drug-likeness (QED) is 0.386. The van der Waals surface area contributed by atoms with Crippen molar-refractivity contribution in [1.82, 2.24) is 5.32 Å². The number of nitrogens with zero attached hydrogens (tertiary/aromatic N) is 1. The van der Waals surface area contributed by atoms with E-state index in [0.29, 0.717) is 0 Å². The third kappa shape index (κ3) is 5.36. The number of anilines is 1. The molecule has 1 aromatic rings. The second-order valence-corrected chi connectivity index (χ2v) is 4.98. The van der Waals surface area contributed by atoms with E-state index in [-0.39, 0.29) is 11.0 Å². The summed E-state index contributed by atoms with van der Waals surface area (Å²) < 4.78 is 81.9. The summed E-state index contributed by atoms with van der Waals surface area (Å²) in [6, 6.07) is -1.11. The van der Waals surface area contributed by atoms with Crippen LogP contribution in [-0.2, 0) is 0 Å². The van der Waals surface area contributed by atoms with Gasteiger partial charge in [0.15, 0.2) is 11.5 Å². The molecule has 26 heavy (non-hydrogen) atoms. The summed E-state index contributed by atoms with van der Waals surface area (Å²) >= 11 is 11.4. The van der Waals surface area contributed by atoms with E-state index in [9.17, 15) is 31.1 Å². The van der Waals surface area contributed by atoms with Crippen molar-refractivity contribution in [2.75, 3.05) is 11.9 Å². The van der Waals surface area contributed by atoms with Gasteiger partial charge in [0.1, 0.15) is 10.0 Å². The van der Waals surface area contributed by atoms with Gasteiger partial charge in [-0.15, -0.1) is 26.3 Å². The van der Waals surface area contributed by atoms with E-state index >= 15 is 0 Å². The number of rotatable bonds is 3. The van der Waals surface area contributed by atoms with E-state index in [4.69, 9.17) is 34.3 Å². The molecule has 0 fully saturated rings. The van der Waals surface area contributed by atoms with Crippen molar-refractivity contribution in [3.8, 4) is 11.5 Å². The topological polar surface area (TPSA) is 101 Å². The van der Waals surface area contributed by atoms with E-state index in [2.05, 4.69) is 9.47 Å². The van der Waals surface area contributed by atoms with E-state index < -0.39 is 51.9 Å². The lowest BCUT2D eigenvalue weighted by Gasteiger charge is -2.25. The molecule has 146 valence electrons. The first-order valence-corrected chi connectivity index (χ1v) is 6.83. The Bertz CT molecular complexity index is 685. The molecule has 1 rings (SSSR count). The second kappa shape index (κ2) is 7.53. The average Bonchev–Trinajstić information content (AvgIpc) is 2.44. The molecule has 4 N–H and O–H groups in total. The maximum Gasteiger partial charge on any atom is 0.573 e. The average molecular weight is 429 g/mol. The largest absolute Gasteiger partial charge is 0.573 e. The molecular weight excluding hydrogens is 421 g/mol. The van der Waals surface area contributed by atoms with Gasteiger partial charge in [-0.1, -0.05) is 23.2 Å². The highest BCUT2D eigenvalue weighted by Gasteiger charge is 2.38. The van der Waals surface area contributed by atoms with Gasteiger partial charge in [0.25, 0.3) is 0 Å². The van der Waals surface area contributed by atoms with Gasteiger partial charge in [-0.2, -0.15) is 0 Å². The third-order valence-corrected chi connectivity index (χ3v) is 3.17. The van der Waals surface area contributed by atoms with Crippen molar-refractivity contribution < 1.29 is 40.6 Å². The second-order valence-electron chi connectivity index (χ2n) is 4.22. The summed E-state index contributed by atoms with van der Waals surface area (Å²) in [6.45, 7) is 0. The number of carbonyl (C=O) groups is 1. The zero-order chi connectivity index (χ0) is 20.4. The number of urea groups is 1. The normalized spacial score (nSPS) is 11.7. The number of hydrogen-bond donors (Lipinski definition) is 3. The minimum atomic E-state index is -5.35. The van der Waals surface area contributed by atoms with Crippen LogP contribution in [0.2, 0.25) is 10.0 Å². The van der Waals surface area contributed by atoms with Gasteiger partial charge < -0.3 is 20.5 Å². The highest BCUT2D eigenvalue weighted by Crippen LogP contribution is 2.48. The molecule has 0 spiro atoms. The number of carbonyl (C=O) groups excluding carboxylic acids is 1. The minimum Gasteiger partial charge on any atom is -0.404 e. The molecule has 0 saturated carbocycles. The third-order valence-electron chi connectivity index (χ3n) is 2.44. The molecule has 15 heteroatoms. The zero-order valence-corrected chi connectivity index (χ0v) is 13.9. The number of amides is 2. The van der Waals surface area contributed by atoms with Gasteiger partial charge in [-0.3, -0.25) is 5.41 Å². The first kappa shape index (κ1) is 21.8. The Balaban J connectivity index is 3.75. The fourth-order valence-electron chi connectivity index (χ4n) is 1.61. The maximum absolute atomic E-state index is 12.5. The van der Waals surface area contributed by atoms with Crippen LogP contribution in [-0.4, -0.2) is 31.8 Å². The molecular formula is C11H8Cl2F6N4O3. The summed E-state index contributed by atoms with van der Waals surface area (Å²) in [7, 11) is 1.04. The molecule has 0 aromatic heterocycles. The van der Waals surface area contributed by atoms with Crippen molar-refractivity contribution in [3.63, 3.8) is 0 Å². The van der Waals surface area contributed by atoms with E-state index in [1.807, 2.05) is 5.32 Å². The number of benzene rings is 1. The molecule has 0 bridgehead atoms. The summed E-state index contributed by atoms with van der Waals surface area (Å²) in [5.74, 6) is -3.85. The predicted octanol–water partition coefficient (Wildman–Crippen LogP) is 3.83. The molecule has 0 atom stereocenters. The molecule has 0 saturated heterocycles. The molecule has 0 aliphatic carbocycles. The number of hydrogen-bond acceptors (Lipinski definition) is 4. The van der Waals surface area contributed by atoms with Gasteiger partial charge in [0.2, 0.25) is 5.96 Å². The Kier molecular flexibility index (Phi) is 6.31. The Morgan fingerprint density at radius 3 is 1.77 bits per heavy atom. The van der Waals surface area contributed by atoms with Gasteiger partial charge in [-0.25, -0.2) is 9.69 Å². The molecule has 7 nitrogen and oxygen atoms in total. The molecule has 0 heterocycles. The summed E-state index contributed by atoms with van der Waals surface area (Å²) in [5, 5.41) is 7.19. The van der Waals surface area contributed by atoms with Gasteiger partial charge in [0, 0.05) is 13.1 Å². The summed E-state index contributed by atoms with van der Waals surface area (Å²) in [5.41, 5.74) is 4.16. The lowest BCUT2D eigenvalue weighted by molar-refractivity contribution is -0.276. The Morgan fingerprint density at radius 1 is 1.12 bits per heavy atom. The van der Waals surface area contributed by atoms with Crippen LogP contribution < -0.4 is 25.4 Å². The van der Waals surface area contributed by atoms with Crippen molar-refractivity contribution in [3.05, 3.63) is 16.1 Å². The summed E-state index contributed by atoms with van der Waals surface area (Å²) in [4.78, 5) is 11.9. The zero-order valence-electron chi connectivity index (χ0n) is 12.4. The monoisotopic (exact) mass is 428 g/mol. The Morgan fingerprint density at radius 2 is 1.50 bits per heavy atom. The minimum absolute atomic E-state index is 0.122. The van der Waals surface area contributed by atoms with Gasteiger partial charge >= 0.3 is 18.8 Å². The SMILES string of the molecule is CNC(=O)N(C(=N)N)c1c(Cl)c(OC(F)(F)F)cc(OC(F)(F)F)c1Cl. The molecule has 0 radical (unpaired) electrons. The van der Waals surface area contributed by atoms with Crippen LogP contribution in [0.3, 0.4) is 0 Å².